The summed E-state index contributed by atoms with van der Waals surface area (Å²) in [6.45, 7) is 7.01. The number of carbonyl (C=O) groups excluding carboxylic acids is 1. The first-order chi connectivity index (χ1) is 12.0. The van der Waals surface area contributed by atoms with E-state index in [2.05, 4.69) is 26.7 Å². The second-order valence-electron chi connectivity index (χ2n) is 6.08. The van der Waals surface area contributed by atoms with Crippen LogP contribution in [0.25, 0.3) is 11.3 Å². The molecule has 0 radical (unpaired) electrons. The van der Waals surface area contributed by atoms with Crippen molar-refractivity contribution in [1.29, 1.82) is 0 Å². The van der Waals surface area contributed by atoms with Crippen LogP contribution in [0.3, 0.4) is 0 Å². The summed E-state index contributed by atoms with van der Waals surface area (Å²) in [4.78, 5) is 20.9. The summed E-state index contributed by atoms with van der Waals surface area (Å²) in [6.07, 6.45) is 4.36. The van der Waals surface area contributed by atoms with Crippen LogP contribution in [-0.2, 0) is 17.8 Å². The number of pyridine rings is 1. The van der Waals surface area contributed by atoms with Gasteiger partial charge in [-0.1, -0.05) is 6.07 Å². The van der Waals surface area contributed by atoms with Gasteiger partial charge in [0.05, 0.1) is 10.7 Å². The predicted octanol–water partition coefficient (Wildman–Crippen LogP) is 3.29. The van der Waals surface area contributed by atoms with Crippen molar-refractivity contribution in [1.82, 2.24) is 19.9 Å². The molecule has 25 heavy (non-hydrogen) atoms. The summed E-state index contributed by atoms with van der Waals surface area (Å²) in [5, 5.41) is 6.10. The molecule has 0 unspecified atom stereocenters. The summed E-state index contributed by atoms with van der Waals surface area (Å²) in [7, 11) is 0. The highest BCUT2D eigenvalue weighted by molar-refractivity contribution is 7.09. The number of aromatic nitrogens is 3. The van der Waals surface area contributed by atoms with Crippen molar-refractivity contribution in [2.45, 2.75) is 33.7 Å². The fourth-order valence-electron chi connectivity index (χ4n) is 2.88. The van der Waals surface area contributed by atoms with Crippen LogP contribution < -0.4 is 5.32 Å². The topological polar surface area (TPSA) is 59.8 Å². The minimum atomic E-state index is 0.0201. The average molecular weight is 354 g/mol. The predicted molar refractivity (Wildman–Crippen MR) is 101 cm³/mol. The lowest BCUT2D eigenvalue weighted by molar-refractivity contribution is -0.121. The first-order valence-corrected chi connectivity index (χ1v) is 9.17. The highest BCUT2D eigenvalue weighted by Gasteiger charge is 2.15. The molecule has 0 aromatic carbocycles. The monoisotopic (exact) mass is 354 g/mol. The lowest BCUT2D eigenvalue weighted by Gasteiger charge is -2.10. The number of nitrogens with one attached hydrogen (secondary N) is 1. The van der Waals surface area contributed by atoms with Crippen LogP contribution in [0.15, 0.2) is 36.0 Å². The van der Waals surface area contributed by atoms with Crippen LogP contribution in [0, 0.1) is 20.8 Å². The molecule has 0 aliphatic heterocycles. The molecular weight excluding hydrogens is 332 g/mol. The fraction of sp³-hybridized carbons (Fsp3) is 0.316. The number of carbonyl (C=O) groups is 1. The van der Waals surface area contributed by atoms with E-state index >= 15 is 0 Å². The Morgan fingerprint density at radius 3 is 2.84 bits per heavy atom. The molecule has 5 nitrogen and oxygen atoms in total. The van der Waals surface area contributed by atoms with Crippen molar-refractivity contribution in [3.63, 3.8) is 0 Å². The molecular formula is C19H22N4OS. The van der Waals surface area contributed by atoms with E-state index in [4.69, 9.17) is 0 Å². The second-order valence-corrected chi connectivity index (χ2v) is 7.15. The zero-order valence-corrected chi connectivity index (χ0v) is 15.6. The van der Waals surface area contributed by atoms with E-state index < -0.39 is 0 Å². The molecule has 0 aliphatic carbocycles. The van der Waals surface area contributed by atoms with Crippen LogP contribution in [-0.4, -0.2) is 27.0 Å². The molecule has 0 saturated heterocycles. The summed E-state index contributed by atoms with van der Waals surface area (Å²) in [5.41, 5.74) is 5.35. The molecule has 0 atom stereocenters. The van der Waals surface area contributed by atoms with Gasteiger partial charge in [0, 0.05) is 41.3 Å². The summed E-state index contributed by atoms with van der Waals surface area (Å²) < 4.78 is 2.05. The molecule has 1 N–H and O–H groups in total. The van der Waals surface area contributed by atoms with Crippen LogP contribution in [0.5, 0.6) is 0 Å². The maximum atomic E-state index is 12.3. The molecule has 0 saturated carbocycles. The van der Waals surface area contributed by atoms with Gasteiger partial charge >= 0.3 is 0 Å². The van der Waals surface area contributed by atoms with E-state index in [1.165, 1.54) is 0 Å². The Bertz CT molecular complexity index is 867. The number of amides is 1. The van der Waals surface area contributed by atoms with E-state index in [1.54, 1.807) is 17.5 Å². The zero-order chi connectivity index (χ0) is 17.8. The Hall–Kier alpha value is -2.47. The summed E-state index contributed by atoms with van der Waals surface area (Å²) in [6, 6.07) is 6.03. The molecule has 0 fully saturated rings. The van der Waals surface area contributed by atoms with Crippen molar-refractivity contribution in [2.24, 2.45) is 0 Å². The molecule has 3 rings (SSSR count). The van der Waals surface area contributed by atoms with Gasteiger partial charge in [-0.15, -0.1) is 11.3 Å². The molecule has 3 heterocycles. The van der Waals surface area contributed by atoms with E-state index in [0.29, 0.717) is 13.1 Å². The second kappa shape index (κ2) is 7.61. The lowest BCUT2D eigenvalue weighted by Crippen LogP contribution is -2.30. The Labute approximate surface area is 151 Å². The zero-order valence-electron chi connectivity index (χ0n) is 14.7. The number of hydrogen-bond acceptors (Lipinski definition) is 4. The molecule has 6 heteroatoms. The van der Waals surface area contributed by atoms with Gasteiger partial charge in [-0.3, -0.25) is 9.78 Å². The third kappa shape index (κ3) is 4.14. The van der Waals surface area contributed by atoms with Gasteiger partial charge in [0.1, 0.15) is 6.54 Å². The van der Waals surface area contributed by atoms with Gasteiger partial charge in [0.2, 0.25) is 5.91 Å². The lowest BCUT2D eigenvalue weighted by atomic mass is 10.2. The Kier molecular flexibility index (Phi) is 5.28. The first-order valence-electron chi connectivity index (χ1n) is 8.29. The van der Waals surface area contributed by atoms with Crippen LogP contribution >= 0.6 is 11.3 Å². The van der Waals surface area contributed by atoms with Crippen molar-refractivity contribution in [3.8, 4) is 11.3 Å². The van der Waals surface area contributed by atoms with E-state index in [9.17, 15) is 4.79 Å². The van der Waals surface area contributed by atoms with Crippen molar-refractivity contribution < 1.29 is 4.79 Å². The van der Waals surface area contributed by atoms with Gasteiger partial charge in [-0.25, -0.2) is 4.98 Å². The molecule has 0 spiro atoms. The summed E-state index contributed by atoms with van der Waals surface area (Å²) in [5.74, 6) is 0.0201. The smallest absolute Gasteiger partial charge is 0.239 e. The quantitative estimate of drug-likeness (QED) is 0.739. The highest BCUT2D eigenvalue weighted by Crippen LogP contribution is 2.27. The number of nitrogens with zero attached hydrogens (tertiary/aromatic N) is 3. The van der Waals surface area contributed by atoms with Gasteiger partial charge in [-0.05, 0) is 44.9 Å². The minimum absolute atomic E-state index is 0.0201. The molecule has 3 aromatic rings. The molecule has 0 bridgehead atoms. The molecule has 0 aliphatic rings. The third-order valence-corrected chi connectivity index (χ3v) is 5.00. The maximum absolute atomic E-state index is 12.3. The van der Waals surface area contributed by atoms with Crippen LogP contribution in [0.4, 0.5) is 0 Å². The first kappa shape index (κ1) is 17.4. The number of hydrogen-bond donors (Lipinski definition) is 1. The molecule has 130 valence electrons. The average Bonchev–Trinajstić information content (AvgIpc) is 3.14. The summed E-state index contributed by atoms with van der Waals surface area (Å²) >= 11 is 1.64. The number of aryl methyl sites for hydroxylation is 2. The van der Waals surface area contributed by atoms with Crippen molar-refractivity contribution in [3.05, 3.63) is 57.9 Å². The van der Waals surface area contributed by atoms with Gasteiger partial charge < -0.3 is 9.88 Å². The number of thiazole rings is 1. The standard InChI is InChI=1S/C19H22N4OS/c1-13-9-17(18-12-25-15(3)22-18)14(2)23(13)11-19(24)21-8-6-16-5-4-7-20-10-16/h4-5,7,9-10,12H,6,8,11H2,1-3H3,(H,21,24). The minimum Gasteiger partial charge on any atom is -0.354 e. The number of rotatable bonds is 6. The van der Waals surface area contributed by atoms with E-state index in [1.807, 2.05) is 43.7 Å². The Morgan fingerprint density at radius 2 is 2.16 bits per heavy atom. The molecule has 1 amide bonds. The normalized spacial score (nSPS) is 10.8. The van der Waals surface area contributed by atoms with Crippen LogP contribution in [0.2, 0.25) is 0 Å². The fourth-order valence-corrected chi connectivity index (χ4v) is 3.50. The third-order valence-electron chi connectivity index (χ3n) is 4.23. The van der Waals surface area contributed by atoms with Crippen LogP contribution in [0.1, 0.15) is 22.0 Å². The maximum Gasteiger partial charge on any atom is 0.239 e. The SMILES string of the molecule is Cc1nc(-c2cc(C)n(CC(=O)NCCc3cccnc3)c2C)cs1. The van der Waals surface area contributed by atoms with Crippen molar-refractivity contribution in [2.75, 3.05) is 6.54 Å². The largest absolute Gasteiger partial charge is 0.354 e. The van der Waals surface area contributed by atoms with E-state index in [-0.39, 0.29) is 5.91 Å². The van der Waals surface area contributed by atoms with Gasteiger partial charge in [0.15, 0.2) is 0 Å². The van der Waals surface area contributed by atoms with Gasteiger partial charge in [0.25, 0.3) is 0 Å². The van der Waals surface area contributed by atoms with Gasteiger partial charge in [-0.2, -0.15) is 0 Å². The molecule has 3 aromatic heterocycles. The van der Waals surface area contributed by atoms with Crippen molar-refractivity contribution >= 4 is 17.2 Å². The highest BCUT2D eigenvalue weighted by atomic mass is 32.1. The van der Waals surface area contributed by atoms with E-state index in [0.717, 1.165) is 39.6 Å². The Morgan fingerprint density at radius 1 is 1.32 bits per heavy atom. The Balaban J connectivity index is 1.62.